The highest BCUT2D eigenvalue weighted by atomic mass is 16.3. The molecule has 2 aliphatic heterocycles. The van der Waals surface area contributed by atoms with Crippen molar-refractivity contribution in [2.24, 2.45) is 0 Å². The first-order valence-electron chi connectivity index (χ1n) is 10.6. The number of hydrogen-bond acceptors (Lipinski definition) is 5. The Bertz CT molecular complexity index is 658. The molecule has 1 aromatic carbocycles. The summed E-state index contributed by atoms with van der Waals surface area (Å²) in [5, 5.41) is 20.4. The number of aromatic hydroxyl groups is 1. The van der Waals surface area contributed by atoms with Crippen molar-refractivity contribution in [1.29, 1.82) is 5.26 Å². The van der Waals surface area contributed by atoms with Gasteiger partial charge in [0.05, 0.1) is 17.7 Å². The maximum atomic E-state index is 12.4. The Kier molecular flexibility index (Phi) is 7.70. The third-order valence-electron chi connectivity index (χ3n) is 6.04. The van der Waals surface area contributed by atoms with Gasteiger partial charge in [-0.1, -0.05) is 12.8 Å². The predicted molar refractivity (Wildman–Crippen MR) is 109 cm³/mol. The highest BCUT2D eigenvalue weighted by Gasteiger charge is 2.30. The lowest BCUT2D eigenvalue weighted by molar-refractivity contribution is -0.132. The topological polar surface area (TPSA) is 79.6 Å². The van der Waals surface area contributed by atoms with Crippen LogP contribution < -0.4 is 5.32 Å². The van der Waals surface area contributed by atoms with E-state index < -0.39 is 0 Å². The van der Waals surface area contributed by atoms with Crippen LogP contribution in [-0.4, -0.2) is 65.6 Å². The van der Waals surface area contributed by atoms with E-state index in [1.54, 1.807) is 12.1 Å². The lowest BCUT2D eigenvalue weighted by Gasteiger charge is -2.28. The van der Waals surface area contributed by atoms with E-state index in [1.165, 1.54) is 44.4 Å². The molecule has 1 amide bonds. The molecule has 0 unspecified atom stereocenters. The van der Waals surface area contributed by atoms with Gasteiger partial charge in [-0.15, -0.1) is 0 Å². The first kappa shape index (κ1) is 20.6. The van der Waals surface area contributed by atoms with E-state index in [1.807, 2.05) is 6.07 Å². The van der Waals surface area contributed by atoms with Gasteiger partial charge in [0.1, 0.15) is 5.75 Å². The van der Waals surface area contributed by atoms with E-state index in [2.05, 4.69) is 15.1 Å². The summed E-state index contributed by atoms with van der Waals surface area (Å²) in [6.07, 6.45) is 8.87. The molecule has 152 valence electrons. The van der Waals surface area contributed by atoms with Crippen LogP contribution in [0.3, 0.4) is 0 Å². The second kappa shape index (κ2) is 10.4. The third kappa shape index (κ3) is 5.70. The fourth-order valence-corrected chi connectivity index (χ4v) is 4.44. The SMILES string of the molecule is N#Cc1ccc(O)cc1.O=C([C@H]1CCCN1)N1CCCN(C2CCCC2)CC1. The van der Waals surface area contributed by atoms with Crippen molar-refractivity contribution in [2.45, 2.75) is 57.0 Å². The van der Waals surface area contributed by atoms with Crippen molar-refractivity contribution in [2.75, 3.05) is 32.7 Å². The van der Waals surface area contributed by atoms with Crippen LogP contribution in [0, 0.1) is 11.3 Å². The summed E-state index contributed by atoms with van der Waals surface area (Å²) in [7, 11) is 0. The van der Waals surface area contributed by atoms with Crippen LogP contribution in [0.2, 0.25) is 0 Å². The third-order valence-corrected chi connectivity index (χ3v) is 6.04. The minimum absolute atomic E-state index is 0.109. The number of phenols is 1. The summed E-state index contributed by atoms with van der Waals surface area (Å²) in [5.41, 5.74) is 0.563. The minimum atomic E-state index is 0.109. The Morgan fingerprint density at radius 3 is 2.39 bits per heavy atom. The van der Waals surface area contributed by atoms with E-state index in [0.717, 1.165) is 51.5 Å². The van der Waals surface area contributed by atoms with E-state index >= 15 is 0 Å². The first-order valence-corrected chi connectivity index (χ1v) is 10.6. The molecule has 1 atom stereocenters. The van der Waals surface area contributed by atoms with Crippen LogP contribution in [0.1, 0.15) is 50.5 Å². The maximum Gasteiger partial charge on any atom is 0.239 e. The van der Waals surface area contributed by atoms with Crippen LogP contribution in [-0.2, 0) is 4.79 Å². The molecule has 3 fully saturated rings. The van der Waals surface area contributed by atoms with Crippen LogP contribution >= 0.6 is 0 Å². The summed E-state index contributed by atoms with van der Waals surface area (Å²) < 4.78 is 0. The second-order valence-electron chi connectivity index (χ2n) is 7.96. The number of nitrogens with zero attached hydrogens (tertiary/aromatic N) is 3. The fourth-order valence-electron chi connectivity index (χ4n) is 4.44. The molecule has 0 bridgehead atoms. The number of amides is 1. The quantitative estimate of drug-likeness (QED) is 0.819. The number of phenolic OH excluding ortho intramolecular Hbond substituents is 1. The van der Waals surface area contributed by atoms with Crippen LogP contribution in [0.4, 0.5) is 0 Å². The van der Waals surface area contributed by atoms with Crippen molar-refractivity contribution in [3.05, 3.63) is 29.8 Å². The van der Waals surface area contributed by atoms with E-state index in [9.17, 15) is 4.79 Å². The van der Waals surface area contributed by atoms with Gasteiger partial charge in [-0.3, -0.25) is 9.69 Å². The Morgan fingerprint density at radius 1 is 1.00 bits per heavy atom. The van der Waals surface area contributed by atoms with Crippen molar-refractivity contribution in [3.8, 4) is 11.8 Å². The average Bonchev–Trinajstić information content (AvgIpc) is 3.40. The van der Waals surface area contributed by atoms with Gasteiger partial charge >= 0.3 is 0 Å². The van der Waals surface area contributed by atoms with Gasteiger partial charge in [0, 0.05) is 32.2 Å². The summed E-state index contributed by atoms with van der Waals surface area (Å²) in [5.74, 6) is 0.541. The van der Waals surface area contributed by atoms with Gasteiger partial charge < -0.3 is 15.3 Å². The number of rotatable bonds is 2. The number of hydrogen-bond donors (Lipinski definition) is 2. The van der Waals surface area contributed by atoms with E-state index in [4.69, 9.17) is 10.4 Å². The molecule has 2 saturated heterocycles. The normalized spacial score (nSPS) is 23.5. The summed E-state index contributed by atoms with van der Waals surface area (Å²) in [4.78, 5) is 17.2. The molecular weight excluding hydrogens is 352 g/mol. The molecule has 6 heteroatoms. The van der Waals surface area contributed by atoms with Crippen molar-refractivity contribution < 1.29 is 9.90 Å². The molecule has 0 aromatic heterocycles. The molecule has 2 N–H and O–H groups in total. The van der Waals surface area contributed by atoms with E-state index in [-0.39, 0.29) is 11.8 Å². The smallest absolute Gasteiger partial charge is 0.239 e. The van der Waals surface area contributed by atoms with Gasteiger partial charge in [0.25, 0.3) is 0 Å². The molecule has 1 aliphatic carbocycles. The Hall–Kier alpha value is -2.10. The zero-order valence-electron chi connectivity index (χ0n) is 16.6. The van der Waals surface area contributed by atoms with E-state index in [0.29, 0.717) is 11.5 Å². The van der Waals surface area contributed by atoms with Gasteiger partial charge in [-0.25, -0.2) is 0 Å². The van der Waals surface area contributed by atoms with Gasteiger partial charge in [0.15, 0.2) is 0 Å². The summed E-state index contributed by atoms with van der Waals surface area (Å²) in [6, 6.07) is 8.96. The molecule has 2 heterocycles. The average molecular weight is 385 g/mol. The minimum Gasteiger partial charge on any atom is -0.508 e. The predicted octanol–water partition coefficient (Wildman–Crippen LogP) is 2.48. The van der Waals surface area contributed by atoms with Crippen LogP contribution in [0.5, 0.6) is 5.75 Å². The Balaban J connectivity index is 0.000000211. The zero-order valence-corrected chi connectivity index (χ0v) is 16.6. The zero-order chi connectivity index (χ0) is 19.8. The van der Waals surface area contributed by atoms with Crippen LogP contribution in [0.15, 0.2) is 24.3 Å². The lowest BCUT2D eigenvalue weighted by Crippen LogP contribution is -2.45. The molecule has 6 nitrogen and oxygen atoms in total. The highest BCUT2D eigenvalue weighted by Crippen LogP contribution is 2.24. The second-order valence-corrected chi connectivity index (χ2v) is 7.96. The van der Waals surface area contributed by atoms with Gasteiger partial charge in [0.2, 0.25) is 5.91 Å². The standard InChI is InChI=1S/C15H27N3O.C7H5NO/c19-15(14-7-3-8-16-14)18-10-4-9-17(11-12-18)13-5-1-2-6-13;8-5-6-1-3-7(9)4-2-6/h13-14,16H,1-12H2;1-4,9H/t14-;/m1./s1. The molecule has 0 radical (unpaired) electrons. The number of benzene rings is 1. The molecule has 3 aliphatic rings. The monoisotopic (exact) mass is 384 g/mol. The summed E-state index contributed by atoms with van der Waals surface area (Å²) >= 11 is 0. The molecule has 1 aromatic rings. The number of nitriles is 1. The van der Waals surface area contributed by atoms with Gasteiger partial charge in [-0.05, 0) is 62.9 Å². The molecule has 0 spiro atoms. The number of carbonyl (C=O) groups excluding carboxylic acids is 1. The van der Waals surface area contributed by atoms with Crippen molar-refractivity contribution in [1.82, 2.24) is 15.1 Å². The van der Waals surface area contributed by atoms with Crippen molar-refractivity contribution in [3.63, 3.8) is 0 Å². The van der Waals surface area contributed by atoms with Crippen LogP contribution in [0.25, 0.3) is 0 Å². The largest absolute Gasteiger partial charge is 0.508 e. The Labute approximate surface area is 168 Å². The maximum absolute atomic E-state index is 12.4. The molecule has 28 heavy (non-hydrogen) atoms. The molecule has 1 saturated carbocycles. The number of nitrogens with one attached hydrogen (secondary N) is 1. The fraction of sp³-hybridized carbons (Fsp3) is 0.636. The molecule has 4 rings (SSSR count). The van der Waals surface area contributed by atoms with Gasteiger partial charge in [-0.2, -0.15) is 5.26 Å². The summed E-state index contributed by atoms with van der Waals surface area (Å²) in [6.45, 7) is 5.18. The van der Waals surface area contributed by atoms with Crippen molar-refractivity contribution >= 4 is 5.91 Å². The lowest BCUT2D eigenvalue weighted by atomic mass is 10.2. The first-order chi connectivity index (χ1) is 13.7. The number of carbonyl (C=O) groups is 1. The Morgan fingerprint density at radius 2 is 1.75 bits per heavy atom. The molecular formula is C22H32N4O2. The highest BCUT2D eigenvalue weighted by molar-refractivity contribution is 5.82.